The summed E-state index contributed by atoms with van der Waals surface area (Å²) in [5.41, 5.74) is 1.72. The summed E-state index contributed by atoms with van der Waals surface area (Å²) in [6.07, 6.45) is 0.320. The van der Waals surface area contributed by atoms with Crippen LogP contribution in [0.4, 0.5) is 0 Å². The Morgan fingerprint density at radius 1 is 0.976 bits per heavy atom. The van der Waals surface area contributed by atoms with Crippen LogP contribution in [0.5, 0.6) is 5.75 Å². The molecule has 9 nitrogen and oxygen atoms in total. The third kappa shape index (κ3) is 8.29. The van der Waals surface area contributed by atoms with Crippen molar-refractivity contribution in [2.45, 2.75) is 30.8 Å². The molecule has 0 saturated carbocycles. The minimum absolute atomic E-state index is 0.140. The first-order chi connectivity index (χ1) is 19.8. The molecule has 1 heterocycles. The summed E-state index contributed by atoms with van der Waals surface area (Å²) in [5.74, 6) is -0.322. The average Bonchev–Trinajstić information content (AvgIpc) is 3.00. The van der Waals surface area contributed by atoms with E-state index in [2.05, 4.69) is 5.32 Å². The molecule has 3 aromatic carbocycles. The lowest BCUT2D eigenvalue weighted by atomic mass is 10.0. The molecule has 1 fully saturated rings. The van der Waals surface area contributed by atoms with E-state index in [9.17, 15) is 18.0 Å². The number of nitrogens with one attached hydrogen (secondary N) is 1. The fourth-order valence-corrected chi connectivity index (χ4v) is 6.04. The lowest BCUT2D eigenvalue weighted by Crippen LogP contribution is -2.51. The van der Waals surface area contributed by atoms with E-state index >= 15 is 0 Å². The van der Waals surface area contributed by atoms with Crippen LogP contribution in [0.2, 0.25) is 5.02 Å². The second-order valence-electron chi connectivity index (χ2n) is 9.52. The van der Waals surface area contributed by atoms with Gasteiger partial charge in [-0.1, -0.05) is 54.1 Å². The summed E-state index contributed by atoms with van der Waals surface area (Å²) in [5, 5.41) is 3.42. The largest absolute Gasteiger partial charge is 0.484 e. The molecule has 4 rings (SSSR count). The number of hydrogen-bond acceptors (Lipinski definition) is 6. The number of morpholine rings is 1. The number of amides is 2. The van der Waals surface area contributed by atoms with Crippen molar-refractivity contribution in [1.82, 2.24) is 14.5 Å². The second kappa shape index (κ2) is 14.5. The SMILES string of the molecule is CCNC(=O)[C@@H](Cc1ccccc1)N(Cc1ccc(Cl)cc1)C(=O)COc1ccc(S(=O)(=O)N2CCOCC2)cc1. The Morgan fingerprint density at radius 3 is 2.27 bits per heavy atom. The van der Waals surface area contributed by atoms with E-state index in [0.717, 1.165) is 11.1 Å². The van der Waals surface area contributed by atoms with Gasteiger partial charge >= 0.3 is 0 Å². The van der Waals surface area contributed by atoms with E-state index in [-0.39, 0.29) is 24.0 Å². The van der Waals surface area contributed by atoms with Crippen molar-refractivity contribution < 1.29 is 27.5 Å². The molecular weight excluding hydrogens is 566 g/mol. The number of hydrogen-bond donors (Lipinski definition) is 1. The second-order valence-corrected chi connectivity index (χ2v) is 11.9. The zero-order valence-corrected chi connectivity index (χ0v) is 24.4. The molecule has 0 aromatic heterocycles. The third-order valence-electron chi connectivity index (χ3n) is 6.68. The van der Waals surface area contributed by atoms with Gasteiger partial charge in [0, 0.05) is 37.6 Å². The first kappa shape index (κ1) is 30.5. The van der Waals surface area contributed by atoms with Crippen molar-refractivity contribution in [3.05, 3.63) is 95.0 Å². The van der Waals surface area contributed by atoms with Crippen LogP contribution >= 0.6 is 11.6 Å². The molecule has 1 aliphatic rings. The predicted octanol–water partition coefficient (Wildman–Crippen LogP) is 3.52. The Morgan fingerprint density at radius 2 is 1.63 bits per heavy atom. The number of ether oxygens (including phenoxy) is 2. The van der Waals surface area contributed by atoms with Crippen molar-refractivity contribution in [1.29, 1.82) is 0 Å². The van der Waals surface area contributed by atoms with Gasteiger partial charge in [0.15, 0.2) is 6.61 Å². The van der Waals surface area contributed by atoms with Gasteiger partial charge in [0.2, 0.25) is 15.9 Å². The summed E-state index contributed by atoms with van der Waals surface area (Å²) in [7, 11) is -3.65. The van der Waals surface area contributed by atoms with Gasteiger partial charge in [-0.05, 0) is 54.4 Å². The molecule has 0 bridgehead atoms. The predicted molar refractivity (Wildman–Crippen MR) is 156 cm³/mol. The molecule has 1 saturated heterocycles. The molecule has 0 unspecified atom stereocenters. The molecule has 218 valence electrons. The van der Waals surface area contributed by atoms with Gasteiger partial charge < -0.3 is 19.7 Å². The number of carbonyl (C=O) groups is 2. The Kier molecular flexibility index (Phi) is 10.8. The molecule has 3 aromatic rings. The summed E-state index contributed by atoms with van der Waals surface area (Å²) in [6, 6.07) is 21.8. The fourth-order valence-electron chi connectivity index (χ4n) is 4.50. The van der Waals surface area contributed by atoms with E-state index in [1.54, 1.807) is 12.1 Å². The van der Waals surface area contributed by atoms with Crippen LogP contribution in [-0.4, -0.2) is 74.9 Å². The molecule has 0 aliphatic carbocycles. The van der Waals surface area contributed by atoms with Crippen LogP contribution in [0.25, 0.3) is 0 Å². The number of sulfonamides is 1. The van der Waals surface area contributed by atoms with E-state index in [1.165, 1.54) is 33.5 Å². The molecule has 1 atom stereocenters. The van der Waals surface area contributed by atoms with E-state index in [4.69, 9.17) is 21.1 Å². The summed E-state index contributed by atoms with van der Waals surface area (Å²) in [4.78, 5) is 28.5. The Labute approximate surface area is 246 Å². The first-order valence-electron chi connectivity index (χ1n) is 13.4. The van der Waals surface area contributed by atoms with Crippen LogP contribution in [-0.2, 0) is 37.3 Å². The van der Waals surface area contributed by atoms with Gasteiger partial charge in [-0.15, -0.1) is 0 Å². The average molecular weight is 600 g/mol. The van der Waals surface area contributed by atoms with Gasteiger partial charge in [0.25, 0.3) is 5.91 Å². The Balaban J connectivity index is 1.52. The number of halogens is 1. The topological polar surface area (TPSA) is 105 Å². The molecule has 11 heteroatoms. The lowest BCUT2D eigenvalue weighted by molar-refractivity contribution is -0.142. The highest BCUT2D eigenvalue weighted by atomic mass is 35.5. The number of likely N-dealkylation sites (N-methyl/N-ethyl adjacent to an activating group) is 1. The van der Waals surface area contributed by atoms with Gasteiger partial charge in [-0.3, -0.25) is 9.59 Å². The number of benzene rings is 3. The minimum atomic E-state index is -3.65. The molecule has 41 heavy (non-hydrogen) atoms. The van der Waals surface area contributed by atoms with Crippen LogP contribution in [0.3, 0.4) is 0 Å². The minimum Gasteiger partial charge on any atom is -0.484 e. The molecule has 1 aliphatic heterocycles. The van der Waals surface area contributed by atoms with Crippen molar-refractivity contribution in [2.75, 3.05) is 39.5 Å². The highest BCUT2D eigenvalue weighted by Gasteiger charge is 2.31. The third-order valence-corrected chi connectivity index (χ3v) is 8.85. The quantitative estimate of drug-likeness (QED) is 0.342. The molecular formula is C30H34ClN3O6S. The van der Waals surface area contributed by atoms with Gasteiger partial charge in [0.05, 0.1) is 18.1 Å². The lowest BCUT2D eigenvalue weighted by Gasteiger charge is -2.31. The van der Waals surface area contributed by atoms with Gasteiger partial charge in [0.1, 0.15) is 11.8 Å². The fraction of sp³-hybridized carbons (Fsp3) is 0.333. The number of nitrogens with zero attached hydrogens (tertiary/aromatic N) is 2. The molecule has 0 radical (unpaired) electrons. The maximum atomic E-state index is 13.6. The van der Waals surface area contributed by atoms with Crippen molar-refractivity contribution in [3.8, 4) is 5.75 Å². The van der Waals surface area contributed by atoms with Crippen molar-refractivity contribution in [3.63, 3.8) is 0 Å². The van der Waals surface area contributed by atoms with Crippen molar-refractivity contribution >= 4 is 33.4 Å². The summed E-state index contributed by atoms with van der Waals surface area (Å²) in [6.45, 7) is 3.40. The standard InChI is InChI=1S/C30H34ClN3O6S/c1-2-32-30(36)28(20-23-6-4-3-5-7-23)34(21-24-8-10-25(31)11-9-24)29(35)22-40-26-12-14-27(15-13-26)41(37,38)33-16-18-39-19-17-33/h3-15,28H,2,16-22H2,1H3,(H,32,36)/t28-/m1/s1. The zero-order valence-electron chi connectivity index (χ0n) is 22.9. The van der Waals surface area contributed by atoms with Crippen molar-refractivity contribution in [2.24, 2.45) is 0 Å². The van der Waals surface area contributed by atoms with Crippen LogP contribution in [0.1, 0.15) is 18.1 Å². The van der Waals surface area contributed by atoms with E-state index in [1.807, 2.05) is 49.4 Å². The molecule has 1 N–H and O–H groups in total. The molecule has 2 amide bonds. The van der Waals surface area contributed by atoms with E-state index in [0.29, 0.717) is 50.0 Å². The van der Waals surface area contributed by atoms with Crippen LogP contribution in [0, 0.1) is 0 Å². The monoisotopic (exact) mass is 599 g/mol. The van der Waals surface area contributed by atoms with Crippen LogP contribution in [0.15, 0.2) is 83.8 Å². The highest BCUT2D eigenvalue weighted by Crippen LogP contribution is 2.22. The van der Waals surface area contributed by atoms with Gasteiger partial charge in [-0.25, -0.2) is 8.42 Å². The van der Waals surface area contributed by atoms with Gasteiger partial charge in [-0.2, -0.15) is 4.31 Å². The highest BCUT2D eigenvalue weighted by molar-refractivity contribution is 7.89. The molecule has 0 spiro atoms. The van der Waals surface area contributed by atoms with E-state index < -0.39 is 22.0 Å². The Hall–Kier alpha value is -3.44. The summed E-state index contributed by atoms with van der Waals surface area (Å²) >= 11 is 6.06. The normalized spacial score (nSPS) is 14.7. The van der Waals surface area contributed by atoms with Crippen LogP contribution < -0.4 is 10.1 Å². The smallest absolute Gasteiger partial charge is 0.261 e. The zero-order chi connectivity index (χ0) is 29.2. The number of carbonyl (C=O) groups excluding carboxylic acids is 2. The number of rotatable bonds is 12. The summed E-state index contributed by atoms with van der Waals surface area (Å²) < 4.78 is 38.3. The maximum Gasteiger partial charge on any atom is 0.261 e. The maximum absolute atomic E-state index is 13.6. The first-order valence-corrected chi connectivity index (χ1v) is 15.3. The Bertz CT molecular complexity index is 1400.